The summed E-state index contributed by atoms with van der Waals surface area (Å²) in [5, 5.41) is 3.22. The van der Waals surface area contributed by atoms with Gasteiger partial charge in [-0.1, -0.05) is 18.2 Å². The Morgan fingerprint density at radius 1 is 1.31 bits per heavy atom. The zero-order valence-corrected chi connectivity index (χ0v) is 14.1. The largest absolute Gasteiger partial charge is 0.449 e. The zero-order chi connectivity index (χ0) is 18.5. The van der Waals surface area contributed by atoms with Gasteiger partial charge in [0.15, 0.2) is 6.10 Å². The van der Waals surface area contributed by atoms with Crippen LogP contribution in [0.3, 0.4) is 0 Å². The van der Waals surface area contributed by atoms with Gasteiger partial charge < -0.3 is 18.9 Å². The van der Waals surface area contributed by atoms with Crippen LogP contribution < -0.4 is 0 Å². The Hall–Kier alpha value is -2.48. The van der Waals surface area contributed by atoms with Gasteiger partial charge in [0.05, 0.1) is 17.8 Å². The fourth-order valence-electron chi connectivity index (χ4n) is 4.06. The fourth-order valence-corrected chi connectivity index (χ4v) is 4.06. The molecule has 0 amide bonds. The third kappa shape index (κ3) is 2.32. The van der Waals surface area contributed by atoms with Crippen molar-refractivity contribution in [1.29, 1.82) is 0 Å². The minimum Gasteiger partial charge on any atom is -0.449 e. The maximum absolute atomic E-state index is 12.5. The predicted molar refractivity (Wildman–Crippen MR) is 90.0 cm³/mol. The number of ether oxygens (including phenoxy) is 3. The monoisotopic (exact) mass is 355 g/mol. The van der Waals surface area contributed by atoms with Gasteiger partial charge in [-0.25, -0.2) is 4.79 Å². The Balaban J connectivity index is 1.60. The summed E-state index contributed by atoms with van der Waals surface area (Å²) in [5.41, 5.74) is 9.11. The molecule has 132 valence electrons. The van der Waals surface area contributed by atoms with E-state index in [4.69, 9.17) is 24.4 Å². The van der Waals surface area contributed by atoms with Crippen LogP contribution in [0.15, 0.2) is 35.4 Å². The Kier molecular flexibility index (Phi) is 3.95. The summed E-state index contributed by atoms with van der Waals surface area (Å²) in [6.45, 7) is 2.40. The predicted octanol–water partition coefficient (Wildman–Crippen LogP) is 1.58. The van der Waals surface area contributed by atoms with Crippen LogP contribution in [0.2, 0.25) is 5.21 Å². The summed E-state index contributed by atoms with van der Waals surface area (Å²) in [7, 11) is 0. The van der Waals surface area contributed by atoms with Crippen molar-refractivity contribution in [3.05, 3.63) is 46.3 Å². The first kappa shape index (κ1) is 17.0. The number of azide groups is 1. The number of hydrogen-bond donors (Lipinski definition) is 0. The standard InChI is InChI=1S/C15H15B2N3O6/c1-8-15-12(26-17(15)16(15)19-20-18)11(14(23-8)24-9(2)21)25-13(22)10-6-4-3-5-7-10/h3-8,11-12,14H,1-2H3/t8?,11-,12?,14-,15+/m1/s1. The van der Waals surface area contributed by atoms with Gasteiger partial charge in [0.2, 0.25) is 6.29 Å². The maximum atomic E-state index is 12.5. The Morgan fingerprint density at radius 3 is 2.69 bits per heavy atom. The Morgan fingerprint density at radius 2 is 2.04 bits per heavy atom. The molecule has 0 aliphatic carbocycles. The smallest absolute Gasteiger partial charge is 0.338 e. The fraction of sp³-hybridized carbons (Fsp3) is 0.467. The minimum absolute atomic E-state index is 0.269. The lowest BCUT2D eigenvalue weighted by Crippen LogP contribution is -2.62. The lowest BCUT2D eigenvalue weighted by Gasteiger charge is -2.51. The van der Waals surface area contributed by atoms with E-state index in [1.807, 2.05) is 0 Å². The van der Waals surface area contributed by atoms with Crippen LogP contribution in [0, 0.1) is 0 Å². The van der Waals surface area contributed by atoms with Gasteiger partial charge in [-0.15, -0.1) is 0 Å². The van der Waals surface area contributed by atoms with E-state index in [0.29, 0.717) is 5.56 Å². The minimum atomic E-state index is -1.08. The average Bonchev–Trinajstić information content (AvgIpc) is 3.08. The van der Waals surface area contributed by atoms with Crippen molar-refractivity contribution in [3.63, 3.8) is 0 Å². The van der Waals surface area contributed by atoms with Gasteiger partial charge in [0, 0.05) is 12.1 Å². The molecule has 2 unspecified atom stereocenters. The molecule has 0 bridgehead atoms. The van der Waals surface area contributed by atoms with Crippen LogP contribution >= 0.6 is 0 Å². The number of esters is 2. The molecule has 9 nitrogen and oxygen atoms in total. The molecule has 5 atom stereocenters. The molecule has 0 N–H and O–H groups in total. The first-order chi connectivity index (χ1) is 12.5. The second-order valence-corrected chi connectivity index (χ2v) is 6.62. The van der Waals surface area contributed by atoms with Gasteiger partial charge >= 0.3 is 11.9 Å². The molecular formula is C15H15B2N3O6. The third-order valence-electron chi connectivity index (χ3n) is 5.29. The maximum Gasteiger partial charge on any atom is 0.338 e. The van der Waals surface area contributed by atoms with Gasteiger partial charge in [0.25, 0.3) is 13.5 Å². The van der Waals surface area contributed by atoms with E-state index in [9.17, 15) is 9.59 Å². The van der Waals surface area contributed by atoms with E-state index in [0.717, 1.165) is 0 Å². The second kappa shape index (κ2) is 6.05. The van der Waals surface area contributed by atoms with Gasteiger partial charge in [-0.3, -0.25) is 4.79 Å². The molecule has 1 spiro atoms. The van der Waals surface area contributed by atoms with Crippen LogP contribution in [-0.2, 0) is 23.7 Å². The molecule has 1 aromatic carbocycles. The molecule has 3 fully saturated rings. The van der Waals surface area contributed by atoms with Crippen LogP contribution in [0.25, 0.3) is 10.4 Å². The Labute approximate surface area is 149 Å². The number of carbonyl (C=O) groups excluding carboxylic acids is 2. The van der Waals surface area contributed by atoms with Crippen LogP contribution in [0.1, 0.15) is 24.2 Å². The van der Waals surface area contributed by atoms with E-state index in [1.165, 1.54) is 6.92 Å². The van der Waals surface area contributed by atoms with E-state index in [-0.39, 0.29) is 19.6 Å². The van der Waals surface area contributed by atoms with E-state index in [1.54, 1.807) is 37.3 Å². The summed E-state index contributed by atoms with van der Waals surface area (Å²) >= 11 is 0. The van der Waals surface area contributed by atoms with Crippen molar-refractivity contribution in [3.8, 4) is 0 Å². The molecule has 0 aromatic heterocycles. The third-order valence-corrected chi connectivity index (χ3v) is 5.29. The zero-order valence-electron chi connectivity index (χ0n) is 14.1. The first-order valence-electron chi connectivity index (χ1n) is 8.28. The molecule has 26 heavy (non-hydrogen) atoms. The van der Waals surface area contributed by atoms with Gasteiger partial charge in [-0.05, 0) is 29.5 Å². The summed E-state index contributed by atoms with van der Waals surface area (Å²) in [6.07, 6.45) is -2.97. The summed E-state index contributed by atoms with van der Waals surface area (Å²) in [6, 6.07) is 8.46. The number of hydrogen-bond acceptors (Lipinski definition) is 7. The average molecular weight is 355 g/mol. The van der Waals surface area contributed by atoms with Crippen molar-refractivity contribution < 1.29 is 28.5 Å². The van der Waals surface area contributed by atoms with Gasteiger partial charge in [-0.2, -0.15) is 5.03 Å². The molecule has 4 rings (SSSR count). The topological polar surface area (TPSA) is 120 Å². The highest BCUT2D eigenvalue weighted by atomic mass is 16.7. The molecule has 3 saturated heterocycles. The normalized spacial score (nSPS) is 33.8. The lowest BCUT2D eigenvalue weighted by atomic mass is 9.60. The lowest BCUT2D eigenvalue weighted by molar-refractivity contribution is -0.264. The molecule has 3 aliphatic rings. The van der Waals surface area contributed by atoms with Crippen molar-refractivity contribution in [2.45, 2.75) is 43.7 Å². The van der Waals surface area contributed by atoms with Crippen molar-refractivity contribution in [2.75, 3.05) is 0 Å². The second-order valence-electron chi connectivity index (χ2n) is 6.62. The van der Waals surface area contributed by atoms with Crippen LogP contribution in [-0.4, -0.2) is 50.1 Å². The number of benzene rings is 1. The molecule has 0 radical (unpaired) electrons. The Bertz CT molecular complexity index is 804. The number of nitrogens with zero attached hydrogens (tertiary/aromatic N) is 3. The van der Waals surface area contributed by atoms with E-state index in [2.05, 4.69) is 9.94 Å². The van der Waals surface area contributed by atoms with Crippen LogP contribution in [0.4, 0.5) is 0 Å². The highest BCUT2D eigenvalue weighted by Gasteiger charge is 2.89. The quantitative estimate of drug-likeness (QED) is 0.266. The van der Waals surface area contributed by atoms with Crippen molar-refractivity contribution in [2.24, 2.45) is 5.03 Å². The number of carbonyl (C=O) groups is 2. The van der Waals surface area contributed by atoms with Gasteiger partial charge in [0.1, 0.15) is 0 Å². The molecule has 1 aromatic rings. The highest BCUT2D eigenvalue weighted by molar-refractivity contribution is 7.43. The van der Waals surface area contributed by atoms with Crippen molar-refractivity contribution >= 4 is 25.5 Å². The first-order valence-corrected chi connectivity index (χ1v) is 8.28. The van der Waals surface area contributed by atoms with E-state index < -0.39 is 35.7 Å². The molecule has 0 saturated carbocycles. The SMILES string of the molecule is CC(=O)O[C@H]1OC(C)[C@]23B(N=[N+]=[N-])B2OC3[C@H]1OC(=O)c1ccccc1. The summed E-state index contributed by atoms with van der Waals surface area (Å²) in [4.78, 5) is 26.8. The van der Waals surface area contributed by atoms with Crippen LogP contribution in [0.5, 0.6) is 0 Å². The molecular weight excluding hydrogens is 340 g/mol. The van der Waals surface area contributed by atoms with Crippen molar-refractivity contribution in [1.82, 2.24) is 0 Å². The number of rotatable bonds is 4. The molecule has 11 heteroatoms. The highest BCUT2D eigenvalue weighted by Crippen LogP contribution is 2.70. The molecule has 3 aliphatic heterocycles. The molecule has 3 heterocycles. The summed E-state index contributed by atoms with van der Waals surface area (Å²) in [5.74, 6) is -1.13. The summed E-state index contributed by atoms with van der Waals surface area (Å²) < 4.78 is 22.4. The van der Waals surface area contributed by atoms with E-state index >= 15 is 0 Å².